The van der Waals surface area contributed by atoms with Crippen molar-refractivity contribution in [2.45, 2.75) is 5.92 Å². The van der Waals surface area contributed by atoms with Gasteiger partial charge in [0.1, 0.15) is 17.9 Å². The molecule has 0 aliphatic heterocycles. The molecule has 1 aromatic carbocycles. The molecule has 1 atom stereocenters. The molecular formula is C10H12N2O2. The van der Waals surface area contributed by atoms with Gasteiger partial charge in [-0.2, -0.15) is 0 Å². The lowest BCUT2D eigenvalue weighted by Crippen LogP contribution is -2.21. The van der Waals surface area contributed by atoms with Crippen LogP contribution in [0.3, 0.4) is 0 Å². The van der Waals surface area contributed by atoms with Gasteiger partial charge in [-0.25, -0.2) is 0 Å². The average Bonchev–Trinajstić information content (AvgIpc) is 2.19. The van der Waals surface area contributed by atoms with Gasteiger partial charge in [-0.1, -0.05) is 12.1 Å². The molecule has 0 aliphatic carbocycles. The topological polar surface area (TPSA) is 76.2 Å². The Balaban J connectivity index is 2.94. The van der Waals surface area contributed by atoms with Crippen LogP contribution < -0.4 is 10.5 Å². The lowest BCUT2D eigenvalue weighted by Gasteiger charge is -2.08. The highest BCUT2D eigenvalue weighted by Gasteiger charge is 2.12. The van der Waals surface area contributed by atoms with Gasteiger partial charge in [0, 0.05) is 0 Å². The number of ether oxygens (including phenoxy) is 1. The number of nitrogens with two attached hydrogens (primary N) is 1. The molecule has 14 heavy (non-hydrogen) atoms. The molecule has 0 aliphatic rings. The van der Waals surface area contributed by atoms with Gasteiger partial charge in [-0.05, 0) is 17.7 Å². The molecule has 74 valence electrons. The fourth-order valence-electron chi connectivity index (χ4n) is 1.14. The minimum absolute atomic E-state index is 0.148. The molecule has 1 rings (SSSR count). The SMILES string of the molecule is COc1ccc(C(C=O)C(=N)N)cc1. The molecule has 0 aromatic heterocycles. The van der Waals surface area contributed by atoms with Crippen LogP contribution >= 0.6 is 0 Å². The molecule has 0 amide bonds. The number of carbonyl (C=O) groups is 1. The van der Waals surface area contributed by atoms with Gasteiger partial charge in [0.2, 0.25) is 0 Å². The van der Waals surface area contributed by atoms with E-state index in [2.05, 4.69) is 0 Å². The van der Waals surface area contributed by atoms with Crippen LogP contribution in [0.2, 0.25) is 0 Å². The van der Waals surface area contributed by atoms with Gasteiger partial charge in [0.25, 0.3) is 0 Å². The second kappa shape index (κ2) is 4.41. The van der Waals surface area contributed by atoms with E-state index in [1.807, 2.05) is 0 Å². The number of hydrogen-bond donors (Lipinski definition) is 2. The Morgan fingerprint density at radius 1 is 1.50 bits per heavy atom. The van der Waals surface area contributed by atoms with E-state index in [1.165, 1.54) is 0 Å². The third kappa shape index (κ3) is 2.10. The maximum Gasteiger partial charge on any atom is 0.134 e. The van der Waals surface area contributed by atoms with Crippen molar-refractivity contribution < 1.29 is 9.53 Å². The molecule has 0 heterocycles. The Hall–Kier alpha value is -1.84. The van der Waals surface area contributed by atoms with Crippen LogP contribution in [-0.4, -0.2) is 19.2 Å². The summed E-state index contributed by atoms with van der Waals surface area (Å²) >= 11 is 0. The second-order valence-electron chi connectivity index (χ2n) is 2.84. The number of methoxy groups -OCH3 is 1. The Morgan fingerprint density at radius 2 is 2.07 bits per heavy atom. The van der Waals surface area contributed by atoms with Crippen LogP contribution in [0.1, 0.15) is 11.5 Å². The van der Waals surface area contributed by atoms with Gasteiger partial charge in [-0.3, -0.25) is 5.41 Å². The fraction of sp³-hybridized carbons (Fsp3) is 0.200. The number of amidine groups is 1. The summed E-state index contributed by atoms with van der Waals surface area (Å²) in [6.07, 6.45) is 0.657. The van der Waals surface area contributed by atoms with Crippen LogP contribution in [0, 0.1) is 5.41 Å². The van der Waals surface area contributed by atoms with E-state index in [0.29, 0.717) is 17.6 Å². The van der Waals surface area contributed by atoms with E-state index >= 15 is 0 Å². The standard InChI is InChI=1S/C10H12N2O2/c1-14-8-4-2-7(3-5-8)9(6-13)10(11)12/h2-6,9H,1H3,(H3,11,12). The molecule has 4 heteroatoms. The van der Waals surface area contributed by atoms with E-state index in [-0.39, 0.29) is 5.84 Å². The Kier molecular flexibility index (Phi) is 3.23. The van der Waals surface area contributed by atoms with Crippen molar-refractivity contribution >= 4 is 12.1 Å². The quantitative estimate of drug-likeness (QED) is 0.423. The number of benzene rings is 1. The minimum Gasteiger partial charge on any atom is -0.497 e. The normalized spacial score (nSPS) is 11.8. The molecule has 0 spiro atoms. The molecule has 4 nitrogen and oxygen atoms in total. The molecule has 0 fully saturated rings. The lowest BCUT2D eigenvalue weighted by molar-refractivity contribution is -0.107. The summed E-state index contributed by atoms with van der Waals surface area (Å²) in [5.41, 5.74) is 5.97. The lowest BCUT2D eigenvalue weighted by atomic mass is 10.00. The van der Waals surface area contributed by atoms with E-state index in [9.17, 15) is 4.79 Å². The van der Waals surface area contributed by atoms with Crippen molar-refractivity contribution in [2.24, 2.45) is 5.73 Å². The smallest absolute Gasteiger partial charge is 0.134 e. The maximum atomic E-state index is 10.6. The van der Waals surface area contributed by atoms with Crippen LogP contribution in [0.4, 0.5) is 0 Å². The highest BCUT2D eigenvalue weighted by Crippen LogP contribution is 2.17. The third-order valence-corrected chi connectivity index (χ3v) is 1.95. The van der Waals surface area contributed by atoms with Crippen molar-refractivity contribution in [3.05, 3.63) is 29.8 Å². The number of hydrogen-bond acceptors (Lipinski definition) is 3. The molecule has 0 bridgehead atoms. The molecule has 0 radical (unpaired) electrons. The monoisotopic (exact) mass is 192 g/mol. The second-order valence-corrected chi connectivity index (χ2v) is 2.84. The van der Waals surface area contributed by atoms with Crippen molar-refractivity contribution in [3.8, 4) is 5.75 Å². The molecule has 0 saturated carbocycles. The third-order valence-electron chi connectivity index (χ3n) is 1.95. The number of nitrogens with one attached hydrogen (secondary N) is 1. The summed E-state index contributed by atoms with van der Waals surface area (Å²) in [6, 6.07) is 6.90. The molecule has 1 aromatic rings. The van der Waals surface area contributed by atoms with Crippen LogP contribution in [0.5, 0.6) is 5.75 Å². The molecule has 3 N–H and O–H groups in total. The Morgan fingerprint density at radius 3 is 2.43 bits per heavy atom. The van der Waals surface area contributed by atoms with Crippen LogP contribution in [0.15, 0.2) is 24.3 Å². The van der Waals surface area contributed by atoms with Gasteiger partial charge in [-0.15, -0.1) is 0 Å². The number of carbonyl (C=O) groups excluding carboxylic acids is 1. The average molecular weight is 192 g/mol. The summed E-state index contributed by atoms with van der Waals surface area (Å²) in [5, 5.41) is 7.20. The zero-order valence-corrected chi connectivity index (χ0v) is 7.86. The zero-order valence-electron chi connectivity index (χ0n) is 7.86. The predicted molar refractivity (Wildman–Crippen MR) is 53.7 cm³/mol. The largest absolute Gasteiger partial charge is 0.497 e. The van der Waals surface area contributed by atoms with Crippen molar-refractivity contribution in [3.63, 3.8) is 0 Å². The molecule has 1 unspecified atom stereocenters. The maximum absolute atomic E-state index is 10.6. The summed E-state index contributed by atoms with van der Waals surface area (Å²) in [7, 11) is 1.57. The van der Waals surface area contributed by atoms with Crippen LogP contribution in [0.25, 0.3) is 0 Å². The first-order valence-electron chi connectivity index (χ1n) is 4.12. The van der Waals surface area contributed by atoms with Crippen molar-refractivity contribution in [1.29, 1.82) is 5.41 Å². The molecular weight excluding hydrogens is 180 g/mol. The first kappa shape index (κ1) is 10.2. The number of aldehydes is 1. The Labute approximate surface area is 82.2 Å². The summed E-state index contributed by atoms with van der Waals surface area (Å²) in [4.78, 5) is 10.6. The van der Waals surface area contributed by atoms with E-state index in [0.717, 1.165) is 0 Å². The van der Waals surface area contributed by atoms with E-state index < -0.39 is 5.92 Å². The summed E-state index contributed by atoms with van der Waals surface area (Å²) in [5.74, 6) is -0.0898. The van der Waals surface area contributed by atoms with Crippen molar-refractivity contribution in [1.82, 2.24) is 0 Å². The number of rotatable bonds is 4. The van der Waals surface area contributed by atoms with E-state index in [1.54, 1.807) is 31.4 Å². The van der Waals surface area contributed by atoms with Gasteiger partial charge in [0.05, 0.1) is 13.0 Å². The first-order chi connectivity index (χ1) is 6.69. The van der Waals surface area contributed by atoms with Gasteiger partial charge < -0.3 is 15.3 Å². The molecule has 0 saturated heterocycles. The fourth-order valence-corrected chi connectivity index (χ4v) is 1.14. The predicted octanol–water partition coefficient (Wildman–Crippen LogP) is 0.914. The van der Waals surface area contributed by atoms with Crippen LogP contribution in [-0.2, 0) is 4.79 Å². The first-order valence-corrected chi connectivity index (χ1v) is 4.12. The van der Waals surface area contributed by atoms with Gasteiger partial charge >= 0.3 is 0 Å². The van der Waals surface area contributed by atoms with Crippen molar-refractivity contribution in [2.75, 3.05) is 7.11 Å². The summed E-state index contributed by atoms with van der Waals surface area (Å²) in [6.45, 7) is 0. The Bertz CT molecular complexity index is 332. The highest BCUT2D eigenvalue weighted by molar-refractivity contribution is 5.98. The summed E-state index contributed by atoms with van der Waals surface area (Å²) < 4.78 is 4.97. The van der Waals surface area contributed by atoms with E-state index in [4.69, 9.17) is 15.9 Å². The minimum atomic E-state index is -0.652. The van der Waals surface area contributed by atoms with Gasteiger partial charge in [0.15, 0.2) is 0 Å². The highest BCUT2D eigenvalue weighted by atomic mass is 16.5. The zero-order chi connectivity index (χ0) is 10.6.